The Balaban J connectivity index is 1.64. The minimum absolute atomic E-state index is 0.0310. The first kappa shape index (κ1) is 20.9. The number of aromatic hydroxyl groups is 1. The fourth-order valence-electron chi connectivity index (χ4n) is 2.23. The molecule has 0 fully saturated rings. The van der Waals surface area contributed by atoms with E-state index in [-0.39, 0.29) is 30.0 Å². The van der Waals surface area contributed by atoms with Gasteiger partial charge in [0.25, 0.3) is 11.8 Å². The zero-order chi connectivity index (χ0) is 19.8. The summed E-state index contributed by atoms with van der Waals surface area (Å²) in [6.45, 7) is 0.725. The van der Waals surface area contributed by atoms with E-state index in [1.54, 1.807) is 31.3 Å². The van der Waals surface area contributed by atoms with Crippen LogP contribution in [-0.4, -0.2) is 54.4 Å². The van der Waals surface area contributed by atoms with Gasteiger partial charge in [0, 0.05) is 25.7 Å². The zero-order valence-corrected chi connectivity index (χ0v) is 17.1. The summed E-state index contributed by atoms with van der Waals surface area (Å²) in [5, 5.41) is 14.8. The molecule has 0 bridgehead atoms. The van der Waals surface area contributed by atoms with Crippen molar-refractivity contribution < 1.29 is 19.5 Å². The first-order valence-electron chi connectivity index (χ1n) is 8.21. The highest BCUT2D eigenvalue weighted by molar-refractivity contribution is 9.11. The maximum absolute atomic E-state index is 12.2. The number of halogens is 1. The van der Waals surface area contributed by atoms with Crippen molar-refractivity contribution >= 4 is 45.0 Å². The number of rotatable bonds is 8. The highest BCUT2D eigenvalue weighted by Gasteiger charge is 2.16. The van der Waals surface area contributed by atoms with Gasteiger partial charge < -0.3 is 20.6 Å². The van der Waals surface area contributed by atoms with Crippen LogP contribution in [0.25, 0.3) is 0 Å². The number of phenols is 1. The summed E-state index contributed by atoms with van der Waals surface area (Å²) >= 11 is 4.62. The quantitative estimate of drug-likeness (QED) is 0.533. The van der Waals surface area contributed by atoms with Crippen LogP contribution in [0.5, 0.6) is 5.75 Å². The molecule has 0 atom stereocenters. The molecule has 0 aliphatic carbocycles. The largest absolute Gasteiger partial charge is 0.508 e. The number of thiophene rings is 1. The maximum Gasteiger partial charge on any atom is 0.264 e. The van der Waals surface area contributed by atoms with E-state index in [0.29, 0.717) is 30.0 Å². The van der Waals surface area contributed by atoms with Gasteiger partial charge in [0.1, 0.15) is 5.75 Å². The van der Waals surface area contributed by atoms with Gasteiger partial charge in [-0.2, -0.15) is 0 Å². The van der Waals surface area contributed by atoms with Crippen LogP contribution in [0.2, 0.25) is 0 Å². The second-order valence-electron chi connectivity index (χ2n) is 5.77. The summed E-state index contributed by atoms with van der Waals surface area (Å²) in [5.41, 5.74) is 0.374. The first-order chi connectivity index (χ1) is 12.9. The number of nitrogens with zero attached hydrogens (tertiary/aromatic N) is 1. The van der Waals surface area contributed by atoms with Crippen LogP contribution in [0.1, 0.15) is 26.5 Å². The molecule has 3 amide bonds. The minimum Gasteiger partial charge on any atom is -0.508 e. The smallest absolute Gasteiger partial charge is 0.264 e. The molecule has 0 radical (unpaired) electrons. The summed E-state index contributed by atoms with van der Waals surface area (Å²) in [6, 6.07) is 9.58. The number of carbonyl (C=O) groups excluding carboxylic acids is 3. The van der Waals surface area contributed by atoms with Crippen LogP contribution in [0.3, 0.4) is 0 Å². The van der Waals surface area contributed by atoms with Gasteiger partial charge in [-0.3, -0.25) is 14.4 Å². The number of carbonyl (C=O) groups is 3. The first-order valence-corrected chi connectivity index (χ1v) is 9.82. The van der Waals surface area contributed by atoms with Crippen molar-refractivity contribution in [2.24, 2.45) is 0 Å². The van der Waals surface area contributed by atoms with Gasteiger partial charge >= 0.3 is 0 Å². The molecule has 0 saturated carbocycles. The van der Waals surface area contributed by atoms with Crippen molar-refractivity contribution in [1.82, 2.24) is 15.5 Å². The van der Waals surface area contributed by atoms with Gasteiger partial charge in [0.05, 0.1) is 15.2 Å². The molecule has 7 nitrogen and oxygen atoms in total. The van der Waals surface area contributed by atoms with Crippen molar-refractivity contribution in [3.8, 4) is 5.75 Å². The number of benzene rings is 1. The number of hydrogen-bond donors (Lipinski definition) is 3. The molecule has 0 aliphatic rings. The predicted molar refractivity (Wildman–Crippen MR) is 107 cm³/mol. The number of hydrogen-bond acceptors (Lipinski definition) is 5. The molecule has 9 heteroatoms. The highest BCUT2D eigenvalue weighted by Crippen LogP contribution is 2.22. The molecule has 1 heterocycles. The lowest BCUT2D eigenvalue weighted by Crippen LogP contribution is -2.39. The van der Waals surface area contributed by atoms with E-state index in [2.05, 4.69) is 26.6 Å². The van der Waals surface area contributed by atoms with E-state index >= 15 is 0 Å². The lowest BCUT2D eigenvalue weighted by Gasteiger charge is -2.16. The molecule has 144 valence electrons. The Kier molecular flexibility index (Phi) is 7.81. The third-order valence-electron chi connectivity index (χ3n) is 3.58. The van der Waals surface area contributed by atoms with Crippen LogP contribution in [0, 0.1) is 0 Å². The average Bonchev–Trinajstić information content (AvgIpc) is 3.06. The molecule has 0 spiro atoms. The van der Waals surface area contributed by atoms with E-state index < -0.39 is 0 Å². The topological polar surface area (TPSA) is 98.7 Å². The van der Waals surface area contributed by atoms with Gasteiger partial charge in [-0.15, -0.1) is 11.3 Å². The summed E-state index contributed by atoms with van der Waals surface area (Å²) < 4.78 is 0.858. The van der Waals surface area contributed by atoms with Crippen LogP contribution in [0.15, 0.2) is 40.2 Å². The SMILES string of the molecule is CN(CC(=O)NCCCNC(=O)c1cccc(O)c1)C(=O)c1ccc(Br)s1. The summed E-state index contributed by atoms with van der Waals surface area (Å²) in [5.74, 6) is -0.729. The molecule has 1 aromatic heterocycles. The van der Waals surface area contributed by atoms with Crippen LogP contribution >= 0.6 is 27.3 Å². The van der Waals surface area contributed by atoms with Gasteiger partial charge in [-0.1, -0.05) is 6.07 Å². The molecule has 2 aromatic rings. The van der Waals surface area contributed by atoms with Crippen molar-refractivity contribution in [1.29, 1.82) is 0 Å². The lowest BCUT2D eigenvalue weighted by molar-refractivity contribution is -0.121. The Morgan fingerprint density at radius 2 is 1.89 bits per heavy atom. The number of phenolic OH excluding ortho intramolecular Hbond substituents is 1. The molecule has 27 heavy (non-hydrogen) atoms. The predicted octanol–water partition coefficient (Wildman–Crippen LogP) is 2.22. The van der Waals surface area contributed by atoms with Crippen LogP contribution in [0.4, 0.5) is 0 Å². The maximum atomic E-state index is 12.2. The van der Waals surface area contributed by atoms with Crippen molar-refractivity contribution in [3.05, 3.63) is 50.6 Å². The Labute approximate surface area is 169 Å². The number of likely N-dealkylation sites (N-methyl/N-ethyl adjacent to an activating group) is 1. The molecule has 2 rings (SSSR count). The molecule has 0 unspecified atom stereocenters. The summed E-state index contributed by atoms with van der Waals surface area (Å²) in [7, 11) is 1.57. The standard InChI is InChI=1S/C18H20BrN3O4S/c1-22(18(26)14-6-7-15(19)27-14)11-16(24)20-8-3-9-21-17(25)12-4-2-5-13(23)10-12/h2,4-7,10,23H,3,8-9,11H2,1H3,(H,20,24)(H,21,25). The minimum atomic E-state index is -0.287. The van der Waals surface area contributed by atoms with E-state index in [9.17, 15) is 19.5 Å². The monoisotopic (exact) mass is 453 g/mol. The Morgan fingerprint density at radius 3 is 2.56 bits per heavy atom. The highest BCUT2D eigenvalue weighted by atomic mass is 79.9. The fraction of sp³-hybridized carbons (Fsp3) is 0.278. The molecule has 0 aliphatic heterocycles. The number of amides is 3. The molecule has 0 saturated heterocycles. The second kappa shape index (κ2) is 10.1. The van der Waals surface area contributed by atoms with E-state index in [0.717, 1.165) is 3.79 Å². The van der Waals surface area contributed by atoms with E-state index in [1.807, 2.05) is 0 Å². The van der Waals surface area contributed by atoms with Crippen molar-refractivity contribution in [3.63, 3.8) is 0 Å². The van der Waals surface area contributed by atoms with Gasteiger partial charge in [0.2, 0.25) is 5.91 Å². The normalized spacial score (nSPS) is 10.3. The molecular formula is C18H20BrN3O4S. The molecular weight excluding hydrogens is 434 g/mol. The second-order valence-corrected chi connectivity index (χ2v) is 8.24. The van der Waals surface area contributed by atoms with Crippen LogP contribution in [-0.2, 0) is 4.79 Å². The fourth-order valence-corrected chi connectivity index (χ4v) is 3.61. The molecule has 1 aromatic carbocycles. The Hall–Kier alpha value is -2.39. The Bertz CT molecular complexity index is 824. The number of nitrogens with one attached hydrogen (secondary N) is 2. The van der Waals surface area contributed by atoms with E-state index in [1.165, 1.54) is 28.4 Å². The lowest BCUT2D eigenvalue weighted by atomic mass is 10.2. The molecule has 3 N–H and O–H groups in total. The van der Waals surface area contributed by atoms with Crippen molar-refractivity contribution in [2.75, 3.05) is 26.7 Å². The Morgan fingerprint density at radius 1 is 1.15 bits per heavy atom. The van der Waals surface area contributed by atoms with Gasteiger partial charge in [-0.05, 0) is 52.7 Å². The van der Waals surface area contributed by atoms with Gasteiger partial charge in [0.15, 0.2) is 0 Å². The average molecular weight is 454 g/mol. The summed E-state index contributed by atoms with van der Waals surface area (Å²) in [6.07, 6.45) is 0.547. The van der Waals surface area contributed by atoms with E-state index in [4.69, 9.17) is 0 Å². The third kappa shape index (κ3) is 6.69. The van der Waals surface area contributed by atoms with Gasteiger partial charge in [-0.25, -0.2) is 0 Å². The summed E-state index contributed by atoms with van der Waals surface area (Å²) in [4.78, 5) is 37.9. The van der Waals surface area contributed by atoms with Crippen molar-refractivity contribution in [2.45, 2.75) is 6.42 Å². The zero-order valence-electron chi connectivity index (χ0n) is 14.7. The van der Waals surface area contributed by atoms with Crippen LogP contribution < -0.4 is 10.6 Å². The third-order valence-corrected chi connectivity index (χ3v) is 5.19.